The molecule has 1 aliphatic rings. The van der Waals surface area contributed by atoms with E-state index in [1.807, 2.05) is 30.3 Å². The molecule has 1 aliphatic heterocycles. The topological polar surface area (TPSA) is 86.7 Å². The molecule has 150 valence electrons. The van der Waals surface area contributed by atoms with Gasteiger partial charge in [-0.05, 0) is 47.5 Å². The van der Waals surface area contributed by atoms with E-state index in [9.17, 15) is 23.9 Å². The number of hydrogen-bond donors (Lipinski definition) is 2. The van der Waals surface area contributed by atoms with Gasteiger partial charge in [-0.2, -0.15) is 0 Å². The molecule has 0 unspecified atom stereocenters. The molecule has 0 radical (unpaired) electrons. The molecule has 0 aromatic heterocycles. The maximum Gasteiger partial charge on any atom is 0.294 e. The van der Waals surface area contributed by atoms with E-state index in [-0.39, 0.29) is 11.5 Å². The molecule has 1 heterocycles. The molecule has 1 fully saturated rings. The second-order valence-electron chi connectivity index (χ2n) is 6.46. The van der Waals surface area contributed by atoms with Crippen LogP contribution in [0.3, 0.4) is 0 Å². The number of imide groups is 1. The van der Waals surface area contributed by atoms with Crippen LogP contribution < -0.4 is 5.32 Å². The van der Waals surface area contributed by atoms with E-state index >= 15 is 0 Å². The Morgan fingerprint density at radius 2 is 1.93 bits per heavy atom. The summed E-state index contributed by atoms with van der Waals surface area (Å²) < 4.78 is 13.3. The summed E-state index contributed by atoms with van der Waals surface area (Å²) in [5.74, 6) is -1.61. The summed E-state index contributed by atoms with van der Waals surface area (Å²) >= 11 is 0.698. The van der Waals surface area contributed by atoms with Crippen LogP contribution in [0.1, 0.15) is 11.1 Å². The number of nitrogens with zero attached hydrogens (tertiary/aromatic N) is 1. The Morgan fingerprint density at radius 1 is 1.17 bits per heavy atom. The SMILES string of the molecule is O=C(CN1C(=O)S/C(=C\c2cccc(F)c2)C1=O)N[C@H](CO)Cc1ccccc1. The molecule has 2 N–H and O–H groups in total. The first-order chi connectivity index (χ1) is 14.0. The van der Waals surface area contributed by atoms with Crippen molar-refractivity contribution < 1.29 is 23.9 Å². The van der Waals surface area contributed by atoms with Gasteiger partial charge in [-0.3, -0.25) is 19.3 Å². The van der Waals surface area contributed by atoms with Gasteiger partial charge in [0.1, 0.15) is 12.4 Å². The highest BCUT2D eigenvalue weighted by molar-refractivity contribution is 8.18. The molecule has 0 spiro atoms. The van der Waals surface area contributed by atoms with Gasteiger partial charge in [-0.25, -0.2) is 4.39 Å². The zero-order valence-corrected chi connectivity index (χ0v) is 16.2. The Balaban J connectivity index is 1.62. The van der Waals surface area contributed by atoms with Gasteiger partial charge in [0.25, 0.3) is 11.1 Å². The monoisotopic (exact) mass is 414 g/mol. The highest BCUT2D eigenvalue weighted by Gasteiger charge is 2.36. The van der Waals surface area contributed by atoms with Gasteiger partial charge >= 0.3 is 0 Å². The molecule has 1 atom stereocenters. The standard InChI is InChI=1S/C21H19FN2O4S/c22-16-8-4-7-15(9-16)11-18-20(27)24(21(28)29-18)12-19(26)23-17(13-25)10-14-5-2-1-3-6-14/h1-9,11,17,25H,10,12-13H2,(H,23,26)/b18-11-/t17-/m0/s1. The molecule has 2 aromatic carbocycles. The second kappa shape index (κ2) is 9.49. The van der Waals surface area contributed by atoms with Crippen molar-refractivity contribution in [1.29, 1.82) is 0 Å². The Labute approximate surface area is 171 Å². The summed E-state index contributed by atoms with van der Waals surface area (Å²) in [6.45, 7) is -0.724. The predicted octanol–water partition coefficient (Wildman–Crippen LogP) is 2.58. The van der Waals surface area contributed by atoms with Crippen LogP contribution in [0.5, 0.6) is 0 Å². The smallest absolute Gasteiger partial charge is 0.294 e. The fraction of sp³-hybridized carbons (Fsp3) is 0.190. The molecular formula is C21H19FN2O4S. The minimum absolute atomic E-state index is 0.122. The van der Waals surface area contributed by atoms with Gasteiger partial charge in [-0.15, -0.1) is 0 Å². The summed E-state index contributed by atoms with van der Waals surface area (Å²) in [6, 6.07) is 14.4. The molecule has 3 amide bonds. The molecule has 1 saturated heterocycles. The second-order valence-corrected chi connectivity index (χ2v) is 7.45. The number of thioether (sulfide) groups is 1. The number of aliphatic hydroxyl groups is 1. The van der Waals surface area contributed by atoms with Gasteiger partial charge in [0.2, 0.25) is 5.91 Å². The Hall–Kier alpha value is -2.97. The summed E-state index contributed by atoms with van der Waals surface area (Å²) in [6.07, 6.45) is 1.84. The van der Waals surface area contributed by atoms with Gasteiger partial charge in [0.15, 0.2) is 0 Å². The Morgan fingerprint density at radius 3 is 2.62 bits per heavy atom. The molecule has 8 heteroatoms. The highest BCUT2D eigenvalue weighted by atomic mass is 32.2. The van der Waals surface area contributed by atoms with Crippen molar-refractivity contribution in [3.63, 3.8) is 0 Å². The first kappa shape index (κ1) is 20.8. The summed E-state index contributed by atoms with van der Waals surface area (Å²) in [5.41, 5.74) is 1.39. The van der Waals surface area contributed by atoms with Crippen LogP contribution in [0.25, 0.3) is 6.08 Å². The third-order valence-electron chi connectivity index (χ3n) is 4.23. The van der Waals surface area contributed by atoms with E-state index in [1.165, 1.54) is 24.3 Å². The Kier molecular flexibility index (Phi) is 6.79. The number of carbonyl (C=O) groups excluding carboxylic acids is 3. The summed E-state index contributed by atoms with van der Waals surface area (Å²) in [7, 11) is 0. The Bertz CT molecular complexity index is 949. The minimum atomic E-state index is -0.608. The zero-order valence-electron chi connectivity index (χ0n) is 15.4. The lowest BCUT2D eigenvalue weighted by atomic mass is 10.1. The lowest BCUT2D eigenvalue weighted by Gasteiger charge is -2.18. The lowest BCUT2D eigenvalue weighted by Crippen LogP contribution is -2.45. The summed E-state index contributed by atoms with van der Waals surface area (Å²) in [5, 5.41) is 11.6. The van der Waals surface area contributed by atoms with Crippen molar-refractivity contribution in [3.05, 3.63) is 76.4 Å². The van der Waals surface area contributed by atoms with Crippen molar-refractivity contribution in [1.82, 2.24) is 10.2 Å². The van der Waals surface area contributed by atoms with Gasteiger partial charge in [0.05, 0.1) is 17.6 Å². The van der Waals surface area contributed by atoms with E-state index in [2.05, 4.69) is 5.32 Å². The number of aliphatic hydroxyl groups excluding tert-OH is 1. The van der Waals surface area contributed by atoms with E-state index in [1.54, 1.807) is 6.07 Å². The van der Waals surface area contributed by atoms with Crippen LogP contribution in [-0.2, 0) is 16.0 Å². The zero-order chi connectivity index (χ0) is 20.8. The average Bonchev–Trinajstić information content (AvgIpc) is 2.95. The van der Waals surface area contributed by atoms with Gasteiger partial charge < -0.3 is 10.4 Å². The fourth-order valence-electron chi connectivity index (χ4n) is 2.86. The molecule has 29 heavy (non-hydrogen) atoms. The molecule has 3 rings (SSSR count). The third-order valence-corrected chi connectivity index (χ3v) is 5.14. The molecular weight excluding hydrogens is 395 g/mol. The number of rotatable bonds is 7. The van der Waals surface area contributed by atoms with E-state index < -0.39 is 35.5 Å². The number of halogens is 1. The normalized spacial score (nSPS) is 16.3. The number of carbonyl (C=O) groups is 3. The van der Waals surface area contributed by atoms with E-state index in [0.717, 1.165) is 10.5 Å². The van der Waals surface area contributed by atoms with Gasteiger partial charge in [0, 0.05) is 0 Å². The van der Waals surface area contributed by atoms with Crippen LogP contribution in [-0.4, -0.2) is 46.3 Å². The van der Waals surface area contributed by atoms with Crippen LogP contribution in [0.4, 0.5) is 9.18 Å². The number of hydrogen-bond acceptors (Lipinski definition) is 5. The maximum atomic E-state index is 13.3. The molecule has 6 nitrogen and oxygen atoms in total. The first-order valence-electron chi connectivity index (χ1n) is 8.91. The molecule has 0 saturated carbocycles. The van der Waals surface area contributed by atoms with Gasteiger partial charge in [-0.1, -0.05) is 42.5 Å². The minimum Gasteiger partial charge on any atom is -0.394 e. The number of benzene rings is 2. The number of amides is 3. The molecule has 2 aromatic rings. The predicted molar refractivity (Wildman–Crippen MR) is 108 cm³/mol. The highest BCUT2D eigenvalue weighted by Crippen LogP contribution is 2.32. The van der Waals surface area contributed by atoms with E-state index in [4.69, 9.17) is 0 Å². The average molecular weight is 414 g/mol. The summed E-state index contributed by atoms with van der Waals surface area (Å²) in [4.78, 5) is 37.9. The third kappa shape index (κ3) is 5.52. The first-order valence-corrected chi connectivity index (χ1v) is 9.73. The van der Waals surface area contributed by atoms with Crippen LogP contribution in [0, 0.1) is 5.82 Å². The van der Waals surface area contributed by atoms with Crippen LogP contribution in [0.2, 0.25) is 0 Å². The number of nitrogens with one attached hydrogen (secondary N) is 1. The van der Waals surface area contributed by atoms with Crippen molar-refractivity contribution in [3.8, 4) is 0 Å². The lowest BCUT2D eigenvalue weighted by molar-refractivity contribution is -0.129. The molecule has 0 bridgehead atoms. The largest absolute Gasteiger partial charge is 0.394 e. The maximum absolute atomic E-state index is 13.3. The quantitative estimate of drug-likeness (QED) is 0.680. The van der Waals surface area contributed by atoms with E-state index in [0.29, 0.717) is 23.7 Å². The van der Waals surface area contributed by atoms with Crippen molar-refractivity contribution in [2.75, 3.05) is 13.2 Å². The van der Waals surface area contributed by atoms with Crippen molar-refractivity contribution >= 4 is 34.9 Å². The van der Waals surface area contributed by atoms with Crippen LogP contribution >= 0.6 is 11.8 Å². The molecule has 0 aliphatic carbocycles. The van der Waals surface area contributed by atoms with Crippen molar-refractivity contribution in [2.24, 2.45) is 0 Å². The fourth-order valence-corrected chi connectivity index (χ4v) is 3.70. The van der Waals surface area contributed by atoms with Crippen LogP contribution in [0.15, 0.2) is 59.5 Å². The van der Waals surface area contributed by atoms with Crippen molar-refractivity contribution in [2.45, 2.75) is 12.5 Å².